The average Bonchev–Trinajstić information content (AvgIpc) is 2.87. The van der Waals surface area contributed by atoms with Gasteiger partial charge in [0.15, 0.2) is 5.69 Å². The Labute approximate surface area is 189 Å². The molecule has 0 aliphatic rings. The average molecular weight is 440 g/mol. The van der Waals surface area contributed by atoms with E-state index >= 15 is 0 Å². The van der Waals surface area contributed by atoms with Crippen LogP contribution in [0.15, 0.2) is 95.8 Å². The fourth-order valence-corrected chi connectivity index (χ4v) is 3.08. The van der Waals surface area contributed by atoms with Crippen molar-refractivity contribution in [3.63, 3.8) is 0 Å². The Morgan fingerprint density at radius 3 is 2.21 bits per heavy atom. The van der Waals surface area contributed by atoms with Gasteiger partial charge in [0, 0.05) is 17.2 Å². The highest BCUT2D eigenvalue weighted by molar-refractivity contribution is 5.98. The van der Waals surface area contributed by atoms with Gasteiger partial charge in [-0.15, -0.1) is 0 Å². The molecule has 3 N–H and O–H groups in total. The molecule has 1 heterocycles. The van der Waals surface area contributed by atoms with Crippen LogP contribution in [-0.4, -0.2) is 22.0 Å². The van der Waals surface area contributed by atoms with Crippen LogP contribution in [0.5, 0.6) is 5.75 Å². The fourth-order valence-electron chi connectivity index (χ4n) is 3.08. The number of hydrazine groups is 1. The summed E-state index contributed by atoms with van der Waals surface area (Å²) in [6, 6.07) is 27.1. The lowest BCUT2D eigenvalue weighted by Gasteiger charge is -2.12. The van der Waals surface area contributed by atoms with E-state index in [4.69, 9.17) is 4.74 Å². The maximum Gasteiger partial charge on any atom is 0.290 e. The molecule has 0 unspecified atom stereocenters. The molecule has 8 heteroatoms. The van der Waals surface area contributed by atoms with Crippen molar-refractivity contribution in [2.24, 2.45) is 0 Å². The van der Waals surface area contributed by atoms with Gasteiger partial charge >= 0.3 is 0 Å². The number of nitrogens with one attached hydrogen (secondary N) is 3. The second-order valence-electron chi connectivity index (χ2n) is 7.06. The number of rotatable bonds is 6. The van der Waals surface area contributed by atoms with Gasteiger partial charge in [0.2, 0.25) is 0 Å². The molecule has 8 nitrogen and oxygen atoms in total. The van der Waals surface area contributed by atoms with Gasteiger partial charge in [-0.3, -0.25) is 25.2 Å². The molecule has 33 heavy (non-hydrogen) atoms. The van der Waals surface area contributed by atoms with Gasteiger partial charge < -0.3 is 4.74 Å². The summed E-state index contributed by atoms with van der Waals surface area (Å²) in [7, 11) is 0. The lowest BCUT2D eigenvalue weighted by atomic mass is 10.0. The number of hydrogen-bond donors (Lipinski definition) is 3. The van der Waals surface area contributed by atoms with Gasteiger partial charge in [-0.05, 0) is 35.4 Å². The number of aromatic nitrogens is 2. The Kier molecular flexibility index (Phi) is 6.56. The molecule has 0 bridgehead atoms. The van der Waals surface area contributed by atoms with Crippen LogP contribution in [0.4, 0.5) is 0 Å². The molecule has 0 spiro atoms. The van der Waals surface area contributed by atoms with E-state index in [1.165, 1.54) is 12.1 Å². The summed E-state index contributed by atoms with van der Waals surface area (Å²) in [6.45, 7) is 0.334. The van der Waals surface area contributed by atoms with Gasteiger partial charge in [0.25, 0.3) is 17.4 Å². The molecule has 3 aromatic carbocycles. The van der Waals surface area contributed by atoms with Crippen molar-refractivity contribution in [1.82, 2.24) is 21.0 Å². The molecule has 0 radical (unpaired) electrons. The van der Waals surface area contributed by atoms with E-state index in [0.717, 1.165) is 22.4 Å². The van der Waals surface area contributed by atoms with E-state index in [0.29, 0.717) is 12.2 Å². The largest absolute Gasteiger partial charge is 0.488 e. The fraction of sp³-hybridized carbons (Fsp3) is 0.0400. The van der Waals surface area contributed by atoms with Crippen molar-refractivity contribution in [1.29, 1.82) is 0 Å². The van der Waals surface area contributed by atoms with Crippen molar-refractivity contribution in [3.8, 4) is 16.9 Å². The lowest BCUT2D eigenvalue weighted by molar-refractivity contribution is 0.0843. The normalized spacial score (nSPS) is 10.3. The first-order chi connectivity index (χ1) is 16.1. The third-order valence-electron chi connectivity index (χ3n) is 4.78. The summed E-state index contributed by atoms with van der Waals surface area (Å²) in [4.78, 5) is 35.3. The number of carbonyl (C=O) groups is 2. The van der Waals surface area contributed by atoms with E-state index in [1.54, 1.807) is 24.3 Å². The molecular formula is C25H20N4O4. The maximum absolute atomic E-state index is 12.3. The predicted molar refractivity (Wildman–Crippen MR) is 122 cm³/mol. The minimum Gasteiger partial charge on any atom is -0.488 e. The van der Waals surface area contributed by atoms with Gasteiger partial charge in [-0.1, -0.05) is 60.7 Å². The molecule has 0 atom stereocenters. The van der Waals surface area contributed by atoms with E-state index in [-0.39, 0.29) is 5.69 Å². The summed E-state index contributed by atoms with van der Waals surface area (Å²) in [6.07, 6.45) is 0. The van der Waals surface area contributed by atoms with Gasteiger partial charge in [0.1, 0.15) is 12.4 Å². The van der Waals surface area contributed by atoms with Crippen molar-refractivity contribution < 1.29 is 14.3 Å². The number of hydrogen-bond acceptors (Lipinski definition) is 5. The number of carbonyl (C=O) groups excluding carboxylic acids is 2. The molecule has 0 aliphatic carbocycles. The lowest BCUT2D eigenvalue weighted by Crippen LogP contribution is -2.42. The van der Waals surface area contributed by atoms with Crippen molar-refractivity contribution in [2.45, 2.75) is 6.61 Å². The van der Waals surface area contributed by atoms with Crippen LogP contribution >= 0.6 is 0 Å². The Balaban J connectivity index is 1.34. The van der Waals surface area contributed by atoms with Crippen LogP contribution in [0, 0.1) is 0 Å². The number of ether oxygens (including phenoxy) is 1. The summed E-state index contributed by atoms with van der Waals surface area (Å²) in [5.74, 6) is -0.375. The zero-order valence-electron chi connectivity index (χ0n) is 17.4. The number of amides is 2. The number of aromatic amines is 1. The first-order valence-electron chi connectivity index (χ1n) is 10.1. The predicted octanol–water partition coefficient (Wildman–Crippen LogP) is 3.09. The molecule has 0 aliphatic heterocycles. The second kappa shape index (κ2) is 10.1. The van der Waals surface area contributed by atoms with Crippen molar-refractivity contribution >= 4 is 11.8 Å². The maximum atomic E-state index is 12.3. The van der Waals surface area contributed by atoms with Crippen LogP contribution in [0.3, 0.4) is 0 Å². The van der Waals surface area contributed by atoms with E-state index in [2.05, 4.69) is 21.0 Å². The molecular weight excluding hydrogens is 420 g/mol. The van der Waals surface area contributed by atoms with E-state index in [1.807, 2.05) is 54.6 Å². The van der Waals surface area contributed by atoms with Crippen LogP contribution in [-0.2, 0) is 6.61 Å². The molecule has 164 valence electrons. The summed E-state index contributed by atoms with van der Waals surface area (Å²) in [5.41, 5.74) is 7.42. The quantitative estimate of drug-likeness (QED) is 0.399. The van der Waals surface area contributed by atoms with Crippen LogP contribution in [0.1, 0.15) is 26.4 Å². The topological polar surface area (TPSA) is 113 Å². The van der Waals surface area contributed by atoms with E-state index < -0.39 is 17.4 Å². The Morgan fingerprint density at radius 1 is 0.788 bits per heavy atom. The highest BCUT2D eigenvalue weighted by Gasteiger charge is 2.11. The SMILES string of the molecule is O=C(NNC(=O)c1ccc(=O)[nH]n1)c1ccc(COc2ccccc2-c2ccccc2)cc1. The molecule has 2 amide bonds. The molecule has 4 rings (SSSR count). The molecule has 1 aromatic heterocycles. The zero-order chi connectivity index (χ0) is 23.0. The minimum atomic E-state index is -0.651. The Bertz CT molecular complexity index is 1300. The molecule has 0 saturated carbocycles. The third kappa shape index (κ3) is 5.50. The second-order valence-corrected chi connectivity index (χ2v) is 7.06. The monoisotopic (exact) mass is 440 g/mol. The standard InChI is InChI=1S/C25H20N4O4/c30-23-15-14-21(26-27-23)25(32)29-28-24(31)19-12-10-17(11-13-19)16-33-22-9-5-4-8-20(22)18-6-2-1-3-7-18/h1-15H,16H2,(H,27,30)(H,28,31)(H,29,32). The van der Waals surface area contributed by atoms with Crippen molar-refractivity contribution in [3.05, 3.63) is 118 Å². The van der Waals surface area contributed by atoms with Crippen LogP contribution < -0.4 is 21.1 Å². The smallest absolute Gasteiger partial charge is 0.290 e. The molecule has 0 saturated heterocycles. The number of para-hydroxylation sites is 1. The summed E-state index contributed by atoms with van der Waals surface area (Å²) >= 11 is 0. The highest BCUT2D eigenvalue weighted by atomic mass is 16.5. The number of nitrogens with zero attached hydrogens (tertiary/aromatic N) is 1. The summed E-state index contributed by atoms with van der Waals surface area (Å²) in [5, 5.41) is 5.75. The van der Waals surface area contributed by atoms with Gasteiger partial charge in [0.05, 0.1) is 0 Å². The van der Waals surface area contributed by atoms with Crippen LogP contribution in [0.25, 0.3) is 11.1 Å². The van der Waals surface area contributed by atoms with Crippen LogP contribution in [0.2, 0.25) is 0 Å². The van der Waals surface area contributed by atoms with Crippen molar-refractivity contribution in [2.75, 3.05) is 0 Å². The number of H-pyrrole nitrogens is 1. The highest BCUT2D eigenvalue weighted by Crippen LogP contribution is 2.30. The Hall–Kier alpha value is -4.72. The van der Waals surface area contributed by atoms with Gasteiger partial charge in [-0.25, -0.2) is 5.10 Å². The van der Waals surface area contributed by atoms with E-state index in [9.17, 15) is 14.4 Å². The third-order valence-corrected chi connectivity index (χ3v) is 4.78. The summed E-state index contributed by atoms with van der Waals surface area (Å²) < 4.78 is 6.02. The number of benzene rings is 3. The molecule has 0 fully saturated rings. The minimum absolute atomic E-state index is 0.0295. The van der Waals surface area contributed by atoms with Gasteiger partial charge in [-0.2, -0.15) is 5.10 Å². The molecule has 4 aromatic rings. The first-order valence-corrected chi connectivity index (χ1v) is 10.1. The zero-order valence-corrected chi connectivity index (χ0v) is 17.4. The first kappa shape index (κ1) is 21.5. The Morgan fingerprint density at radius 2 is 1.48 bits per heavy atom.